The molecule has 0 aliphatic rings. The van der Waals surface area contributed by atoms with Gasteiger partial charge in [-0.15, -0.1) is 0 Å². The molecule has 20 heavy (non-hydrogen) atoms. The summed E-state index contributed by atoms with van der Waals surface area (Å²) >= 11 is 0. The third-order valence-electron chi connectivity index (χ3n) is 2.28. The van der Waals surface area contributed by atoms with E-state index in [1.165, 1.54) is 0 Å². The van der Waals surface area contributed by atoms with Crippen molar-refractivity contribution in [2.45, 2.75) is 13.5 Å². The maximum Gasteiger partial charge on any atom is 0.330 e. The molecule has 0 amide bonds. The van der Waals surface area contributed by atoms with Gasteiger partial charge in [0.15, 0.2) is 0 Å². The molecule has 0 aliphatic heterocycles. The number of hydrogen-bond acceptors (Lipinski definition) is 3. The van der Waals surface area contributed by atoms with Crippen molar-refractivity contribution < 1.29 is 14.3 Å². The molecule has 0 unspecified atom stereocenters. The Hall–Kier alpha value is -2.55. The van der Waals surface area contributed by atoms with Gasteiger partial charge < -0.3 is 9.47 Å². The molecule has 1 rings (SSSR count). The monoisotopic (exact) mass is 270 g/mol. The van der Waals surface area contributed by atoms with Gasteiger partial charge in [0.1, 0.15) is 18.1 Å². The molecule has 0 heterocycles. The number of hydrogen-bond donors (Lipinski definition) is 0. The highest BCUT2D eigenvalue weighted by Gasteiger charge is 2.01. The highest BCUT2D eigenvalue weighted by atomic mass is 16.5. The smallest absolute Gasteiger partial charge is 0.330 e. The summed E-state index contributed by atoms with van der Waals surface area (Å²) in [7, 11) is 0. The Morgan fingerprint density at radius 3 is 2.85 bits per heavy atom. The summed E-state index contributed by atoms with van der Waals surface area (Å²) in [6.07, 6.45) is 8.55. The predicted molar refractivity (Wildman–Crippen MR) is 80.2 cm³/mol. The molecule has 3 nitrogen and oxygen atoms in total. The van der Waals surface area contributed by atoms with E-state index >= 15 is 0 Å². The first-order chi connectivity index (χ1) is 9.65. The molecule has 0 N–H and O–H groups in total. The number of esters is 1. The molecule has 0 aliphatic carbocycles. The molecule has 0 atom stereocenters. The Morgan fingerprint density at radius 2 is 2.15 bits per heavy atom. The number of rotatable bonds is 7. The molecule has 0 aromatic heterocycles. The fourth-order valence-corrected chi connectivity index (χ4v) is 1.37. The predicted octanol–water partition coefficient (Wildman–Crippen LogP) is 3.94. The summed E-state index contributed by atoms with van der Waals surface area (Å²) in [4.78, 5) is 11.0. The highest BCUT2D eigenvalue weighted by Crippen LogP contribution is 2.16. The Balaban J connectivity index is 2.61. The molecule has 1 aromatic rings. The lowest BCUT2D eigenvalue weighted by molar-refractivity contribution is -0.138. The maximum atomic E-state index is 11.0. The minimum atomic E-state index is -0.449. The fourth-order valence-electron chi connectivity index (χ4n) is 1.37. The SMILES string of the molecule is C=CC(=O)OCc1cccc(OC(=C)/C=C\C=C/C)c1. The quantitative estimate of drug-likeness (QED) is 0.326. The molecule has 0 bridgehead atoms. The van der Waals surface area contributed by atoms with Crippen molar-refractivity contribution in [3.8, 4) is 5.75 Å². The van der Waals surface area contributed by atoms with Crippen molar-refractivity contribution in [3.63, 3.8) is 0 Å². The molecule has 0 saturated heterocycles. The number of ether oxygens (including phenoxy) is 2. The van der Waals surface area contributed by atoms with E-state index in [0.717, 1.165) is 11.6 Å². The number of carbonyl (C=O) groups excluding carboxylic acids is 1. The van der Waals surface area contributed by atoms with Crippen LogP contribution in [0.2, 0.25) is 0 Å². The third kappa shape index (κ3) is 5.87. The van der Waals surface area contributed by atoms with E-state index in [9.17, 15) is 4.79 Å². The second-order valence-electron chi connectivity index (χ2n) is 3.91. The van der Waals surface area contributed by atoms with E-state index in [1.807, 2.05) is 43.4 Å². The van der Waals surface area contributed by atoms with Crippen LogP contribution in [0.5, 0.6) is 5.75 Å². The van der Waals surface area contributed by atoms with Crippen molar-refractivity contribution in [2.24, 2.45) is 0 Å². The number of benzene rings is 1. The lowest BCUT2D eigenvalue weighted by Crippen LogP contribution is -2.00. The topological polar surface area (TPSA) is 35.5 Å². The van der Waals surface area contributed by atoms with E-state index in [-0.39, 0.29) is 6.61 Å². The van der Waals surface area contributed by atoms with Crippen LogP contribution >= 0.6 is 0 Å². The van der Waals surface area contributed by atoms with Crippen molar-refractivity contribution in [2.75, 3.05) is 0 Å². The minimum absolute atomic E-state index is 0.183. The van der Waals surface area contributed by atoms with Crippen LogP contribution in [0.3, 0.4) is 0 Å². The summed E-state index contributed by atoms with van der Waals surface area (Å²) in [6.45, 7) is 9.25. The van der Waals surface area contributed by atoms with E-state index in [2.05, 4.69) is 13.2 Å². The normalized spacial score (nSPS) is 10.7. The molecule has 3 heteroatoms. The Kier molecular flexibility index (Phi) is 6.62. The lowest BCUT2D eigenvalue weighted by Gasteiger charge is -2.07. The molecule has 0 saturated carbocycles. The van der Waals surface area contributed by atoms with E-state index < -0.39 is 5.97 Å². The van der Waals surface area contributed by atoms with Gasteiger partial charge in [-0.05, 0) is 30.7 Å². The van der Waals surface area contributed by atoms with Gasteiger partial charge in [-0.1, -0.05) is 43.5 Å². The van der Waals surface area contributed by atoms with E-state index in [0.29, 0.717) is 11.5 Å². The molecular weight excluding hydrogens is 252 g/mol. The Morgan fingerprint density at radius 1 is 1.35 bits per heavy atom. The first-order valence-corrected chi connectivity index (χ1v) is 6.20. The fraction of sp³-hybridized carbons (Fsp3) is 0.118. The van der Waals surface area contributed by atoms with Crippen LogP contribution in [0.15, 0.2) is 73.6 Å². The molecular formula is C17H18O3. The third-order valence-corrected chi connectivity index (χ3v) is 2.28. The second-order valence-corrected chi connectivity index (χ2v) is 3.91. The summed E-state index contributed by atoms with van der Waals surface area (Å²) in [5.41, 5.74) is 0.836. The average molecular weight is 270 g/mol. The van der Waals surface area contributed by atoms with Gasteiger partial charge in [-0.2, -0.15) is 0 Å². The maximum absolute atomic E-state index is 11.0. The Bertz CT molecular complexity index is 539. The number of allylic oxidation sites excluding steroid dienone is 4. The molecule has 0 radical (unpaired) electrons. The molecule has 0 fully saturated rings. The summed E-state index contributed by atoms with van der Waals surface area (Å²) in [6, 6.07) is 7.29. The van der Waals surface area contributed by atoms with Gasteiger partial charge in [0.25, 0.3) is 0 Å². The van der Waals surface area contributed by atoms with Crippen LogP contribution in [0, 0.1) is 0 Å². The molecule has 1 aromatic carbocycles. The molecule has 0 spiro atoms. The van der Waals surface area contributed by atoms with Crippen molar-refractivity contribution in [3.05, 3.63) is 79.1 Å². The van der Waals surface area contributed by atoms with Crippen LogP contribution in [-0.4, -0.2) is 5.97 Å². The second kappa shape index (κ2) is 8.53. The Labute approximate surface area is 119 Å². The largest absolute Gasteiger partial charge is 0.458 e. The standard InChI is InChI=1S/C17H18O3/c1-4-6-7-9-14(3)20-16-11-8-10-15(12-16)13-19-17(18)5-2/h4-12H,2-3,13H2,1H3/b6-4-,9-7-. The summed E-state index contributed by atoms with van der Waals surface area (Å²) < 4.78 is 10.5. The number of carbonyl (C=O) groups is 1. The van der Waals surface area contributed by atoms with Crippen LogP contribution in [-0.2, 0) is 16.1 Å². The van der Waals surface area contributed by atoms with Crippen molar-refractivity contribution in [1.29, 1.82) is 0 Å². The van der Waals surface area contributed by atoms with Crippen LogP contribution in [0.1, 0.15) is 12.5 Å². The average Bonchev–Trinajstić information content (AvgIpc) is 2.45. The van der Waals surface area contributed by atoms with Gasteiger partial charge in [0, 0.05) is 6.08 Å². The van der Waals surface area contributed by atoms with Crippen molar-refractivity contribution in [1.82, 2.24) is 0 Å². The van der Waals surface area contributed by atoms with Gasteiger partial charge in [-0.25, -0.2) is 4.79 Å². The zero-order valence-corrected chi connectivity index (χ0v) is 11.5. The van der Waals surface area contributed by atoms with Crippen LogP contribution in [0.4, 0.5) is 0 Å². The van der Waals surface area contributed by atoms with Gasteiger partial charge in [0.2, 0.25) is 0 Å². The first-order valence-electron chi connectivity index (χ1n) is 6.20. The van der Waals surface area contributed by atoms with Crippen molar-refractivity contribution >= 4 is 5.97 Å². The van der Waals surface area contributed by atoms with Gasteiger partial charge >= 0.3 is 5.97 Å². The minimum Gasteiger partial charge on any atom is -0.458 e. The van der Waals surface area contributed by atoms with E-state index in [4.69, 9.17) is 9.47 Å². The van der Waals surface area contributed by atoms with Crippen LogP contribution in [0.25, 0.3) is 0 Å². The zero-order chi connectivity index (χ0) is 14.8. The van der Waals surface area contributed by atoms with Gasteiger partial charge in [-0.3, -0.25) is 0 Å². The first kappa shape index (κ1) is 15.5. The lowest BCUT2D eigenvalue weighted by atomic mass is 10.2. The van der Waals surface area contributed by atoms with Crippen LogP contribution < -0.4 is 4.74 Å². The molecule has 104 valence electrons. The highest BCUT2D eigenvalue weighted by molar-refractivity contribution is 5.81. The zero-order valence-electron chi connectivity index (χ0n) is 11.5. The summed E-state index contributed by atoms with van der Waals surface area (Å²) in [5.74, 6) is 0.727. The summed E-state index contributed by atoms with van der Waals surface area (Å²) in [5, 5.41) is 0. The van der Waals surface area contributed by atoms with Gasteiger partial charge in [0.05, 0.1) is 0 Å². The van der Waals surface area contributed by atoms with E-state index in [1.54, 1.807) is 12.1 Å².